The fourth-order valence-electron chi connectivity index (χ4n) is 3.48. The average molecular weight is 279 g/mol. The fraction of sp³-hybridized carbons (Fsp3) is 0.765. The highest BCUT2D eigenvalue weighted by Crippen LogP contribution is 2.29. The van der Waals surface area contributed by atoms with Crippen molar-refractivity contribution in [2.45, 2.75) is 78.3 Å². The molecular weight excluding hydrogens is 250 g/mol. The molecule has 3 atom stereocenters. The summed E-state index contributed by atoms with van der Waals surface area (Å²) < 4.78 is 0. The van der Waals surface area contributed by atoms with Gasteiger partial charge in [-0.3, -0.25) is 0 Å². The number of aryl methyl sites for hydroxylation is 2. The minimum Gasteiger partial charge on any atom is -0.307 e. The van der Waals surface area contributed by atoms with Crippen LogP contribution in [0.25, 0.3) is 0 Å². The van der Waals surface area contributed by atoms with Crippen LogP contribution in [0.15, 0.2) is 6.07 Å². The highest BCUT2D eigenvalue weighted by molar-refractivity contribution is 7.12. The van der Waals surface area contributed by atoms with E-state index >= 15 is 0 Å². The SMILES string of the molecule is CCC1CCCC(NC(C)c2cc(C)sc2C)CC1. The van der Waals surface area contributed by atoms with E-state index in [-0.39, 0.29) is 0 Å². The van der Waals surface area contributed by atoms with Crippen LogP contribution in [0.5, 0.6) is 0 Å². The lowest BCUT2D eigenvalue weighted by Gasteiger charge is -2.22. The van der Waals surface area contributed by atoms with Gasteiger partial charge in [-0.15, -0.1) is 11.3 Å². The molecule has 1 nitrogen and oxygen atoms in total. The van der Waals surface area contributed by atoms with Crippen LogP contribution in [0.3, 0.4) is 0 Å². The first-order valence-corrected chi connectivity index (χ1v) is 8.74. The molecule has 1 fully saturated rings. The number of nitrogens with one attached hydrogen (secondary N) is 1. The first-order chi connectivity index (χ1) is 9.10. The second-order valence-electron chi connectivity index (χ2n) is 6.24. The summed E-state index contributed by atoms with van der Waals surface area (Å²) in [6.45, 7) is 9.14. The Labute approximate surface area is 122 Å². The first kappa shape index (κ1) is 15.1. The molecule has 1 saturated carbocycles. The second-order valence-corrected chi connectivity index (χ2v) is 7.70. The molecule has 3 unspecified atom stereocenters. The summed E-state index contributed by atoms with van der Waals surface area (Å²) in [6.07, 6.45) is 8.37. The van der Waals surface area contributed by atoms with Crippen molar-refractivity contribution >= 4 is 11.3 Å². The van der Waals surface area contributed by atoms with Gasteiger partial charge in [-0.1, -0.05) is 26.2 Å². The van der Waals surface area contributed by atoms with Gasteiger partial charge in [0, 0.05) is 21.8 Å². The zero-order valence-corrected chi connectivity index (χ0v) is 13.8. The lowest BCUT2D eigenvalue weighted by atomic mass is 9.97. The Balaban J connectivity index is 1.91. The molecule has 108 valence electrons. The molecule has 0 amide bonds. The Hall–Kier alpha value is -0.340. The van der Waals surface area contributed by atoms with Crippen LogP contribution < -0.4 is 5.32 Å². The third-order valence-electron chi connectivity index (χ3n) is 4.70. The first-order valence-electron chi connectivity index (χ1n) is 7.93. The fourth-order valence-corrected chi connectivity index (χ4v) is 4.50. The molecule has 0 aromatic carbocycles. The van der Waals surface area contributed by atoms with Crippen LogP contribution in [-0.4, -0.2) is 6.04 Å². The smallest absolute Gasteiger partial charge is 0.0305 e. The van der Waals surface area contributed by atoms with Crippen molar-refractivity contribution in [2.75, 3.05) is 0 Å². The van der Waals surface area contributed by atoms with E-state index in [1.807, 2.05) is 11.3 Å². The Morgan fingerprint density at radius 3 is 2.68 bits per heavy atom. The molecule has 1 heterocycles. The minimum absolute atomic E-state index is 0.508. The van der Waals surface area contributed by atoms with E-state index in [0.29, 0.717) is 6.04 Å². The molecule has 2 rings (SSSR count). The summed E-state index contributed by atoms with van der Waals surface area (Å²) in [6, 6.07) is 3.60. The van der Waals surface area contributed by atoms with Gasteiger partial charge in [0.25, 0.3) is 0 Å². The quantitative estimate of drug-likeness (QED) is 0.730. The summed E-state index contributed by atoms with van der Waals surface area (Å²) in [5, 5.41) is 3.88. The topological polar surface area (TPSA) is 12.0 Å². The molecule has 0 aliphatic heterocycles. The van der Waals surface area contributed by atoms with Gasteiger partial charge in [0.05, 0.1) is 0 Å². The van der Waals surface area contributed by atoms with Gasteiger partial charge >= 0.3 is 0 Å². The maximum atomic E-state index is 3.88. The van der Waals surface area contributed by atoms with Gasteiger partial charge in [-0.05, 0) is 57.6 Å². The molecular formula is C17H29NS. The van der Waals surface area contributed by atoms with Crippen LogP contribution in [0.4, 0.5) is 0 Å². The summed E-state index contributed by atoms with van der Waals surface area (Å²) in [4.78, 5) is 2.92. The molecule has 1 aliphatic rings. The van der Waals surface area contributed by atoms with Crippen molar-refractivity contribution in [1.29, 1.82) is 0 Å². The lowest BCUT2D eigenvalue weighted by Crippen LogP contribution is -2.31. The predicted molar refractivity (Wildman–Crippen MR) is 86.0 cm³/mol. The third-order valence-corrected chi connectivity index (χ3v) is 5.68. The summed E-state index contributed by atoms with van der Waals surface area (Å²) in [5.41, 5.74) is 1.51. The minimum atomic E-state index is 0.508. The molecule has 19 heavy (non-hydrogen) atoms. The van der Waals surface area contributed by atoms with Crippen LogP contribution in [0.1, 0.15) is 73.7 Å². The maximum absolute atomic E-state index is 3.88. The van der Waals surface area contributed by atoms with Gasteiger partial charge in [0.15, 0.2) is 0 Å². The second kappa shape index (κ2) is 6.90. The van der Waals surface area contributed by atoms with E-state index < -0.39 is 0 Å². The molecule has 0 radical (unpaired) electrons. The molecule has 2 heteroatoms. The van der Waals surface area contributed by atoms with Crippen molar-refractivity contribution in [3.63, 3.8) is 0 Å². The van der Waals surface area contributed by atoms with Crippen LogP contribution >= 0.6 is 11.3 Å². The van der Waals surface area contributed by atoms with E-state index in [4.69, 9.17) is 0 Å². The highest BCUT2D eigenvalue weighted by Gasteiger charge is 2.20. The number of thiophene rings is 1. The zero-order chi connectivity index (χ0) is 13.8. The molecule has 1 N–H and O–H groups in total. The number of hydrogen-bond donors (Lipinski definition) is 1. The number of hydrogen-bond acceptors (Lipinski definition) is 2. The summed E-state index contributed by atoms with van der Waals surface area (Å²) >= 11 is 1.93. The van der Waals surface area contributed by atoms with Gasteiger partial charge < -0.3 is 5.32 Å². The molecule has 1 aromatic heterocycles. The summed E-state index contributed by atoms with van der Waals surface area (Å²) in [7, 11) is 0. The van der Waals surface area contributed by atoms with E-state index in [0.717, 1.165) is 12.0 Å². The maximum Gasteiger partial charge on any atom is 0.0305 e. The Morgan fingerprint density at radius 1 is 1.26 bits per heavy atom. The normalized spacial score (nSPS) is 26.1. The monoisotopic (exact) mass is 279 g/mol. The number of rotatable bonds is 4. The Kier molecular flexibility index (Phi) is 5.47. The molecule has 1 aromatic rings. The van der Waals surface area contributed by atoms with Gasteiger partial charge in [0.2, 0.25) is 0 Å². The van der Waals surface area contributed by atoms with E-state index in [1.165, 1.54) is 53.8 Å². The predicted octanol–water partition coefficient (Wildman–Crippen LogP) is 5.37. The lowest BCUT2D eigenvalue weighted by molar-refractivity contribution is 0.400. The third kappa shape index (κ3) is 4.06. The van der Waals surface area contributed by atoms with Crippen molar-refractivity contribution in [1.82, 2.24) is 5.32 Å². The molecule has 0 spiro atoms. The zero-order valence-electron chi connectivity index (χ0n) is 13.0. The van der Waals surface area contributed by atoms with E-state index in [1.54, 1.807) is 0 Å². The van der Waals surface area contributed by atoms with E-state index in [9.17, 15) is 0 Å². The van der Waals surface area contributed by atoms with Crippen molar-refractivity contribution in [3.8, 4) is 0 Å². The van der Waals surface area contributed by atoms with Crippen molar-refractivity contribution in [2.24, 2.45) is 5.92 Å². The standard InChI is InChI=1S/C17H29NS/c1-5-15-7-6-8-16(10-9-15)18-13(3)17-11-12(2)19-14(17)4/h11,13,15-16,18H,5-10H2,1-4H3. The van der Waals surface area contributed by atoms with Gasteiger partial charge in [-0.2, -0.15) is 0 Å². The summed E-state index contributed by atoms with van der Waals surface area (Å²) in [5.74, 6) is 0.979. The molecule has 0 saturated heterocycles. The molecule has 1 aliphatic carbocycles. The van der Waals surface area contributed by atoms with Crippen LogP contribution in [0.2, 0.25) is 0 Å². The van der Waals surface area contributed by atoms with Crippen LogP contribution in [0, 0.1) is 19.8 Å². The van der Waals surface area contributed by atoms with Gasteiger partial charge in [-0.25, -0.2) is 0 Å². The van der Waals surface area contributed by atoms with E-state index in [2.05, 4.69) is 39.1 Å². The van der Waals surface area contributed by atoms with Crippen molar-refractivity contribution < 1.29 is 0 Å². The Bertz CT molecular complexity index is 396. The van der Waals surface area contributed by atoms with Crippen LogP contribution in [-0.2, 0) is 0 Å². The molecule has 0 bridgehead atoms. The largest absolute Gasteiger partial charge is 0.307 e. The average Bonchev–Trinajstić information content (AvgIpc) is 2.60. The highest BCUT2D eigenvalue weighted by atomic mass is 32.1. The van der Waals surface area contributed by atoms with Gasteiger partial charge in [0.1, 0.15) is 0 Å². The van der Waals surface area contributed by atoms with Crippen molar-refractivity contribution in [3.05, 3.63) is 21.4 Å². The Morgan fingerprint density at radius 2 is 2.05 bits per heavy atom.